The molecule has 0 fully saturated rings. The smallest absolute Gasteiger partial charge is 0.291 e. The number of carbonyl (C=O) groups is 2. The zero-order valence-electron chi connectivity index (χ0n) is 19.0. The van der Waals surface area contributed by atoms with Crippen molar-refractivity contribution in [2.24, 2.45) is 0 Å². The molecule has 1 aliphatic heterocycles. The van der Waals surface area contributed by atoms with Crippen LogP contribution in [0.2, 0.25) is 0 Å². The molecule has 5 rings (SSSR count). The Balaban J connectivity index is 1.25. The minimum atomic E-state index is -0.695. The number of rotatable bonds is 6. The Morgan fingerprint density at radius 1 is 1.15 bits per heavy atom. The lowest BCUT2D eigenvalue weighted by Gasteiger charge is -2.19. The number of imidazole rings is 1. The molecule has 1 N–H and O–H groups in total. The van der Waals surface area contributed by atoms with Crippen LogP contribution in [0.4, 0.5) is 5.82 Å². The third-order valence-electron chi connectivity index (χ3n) is 5.90. The summed E-state index contributed by atoms with van der Waals surface area (Å²) in [5, 5.41) is 11.7. The maximum absolute atomic E-state index is 13.1. The molecule has 34 heavy (non-hydrogen) atoms. The summed E-state index contributed by atoms with van der Waals surface area (Å²) in [6, 6.07) is 11.0. The monoisotopic (exact) mass is 459 g/mol. The van der Waals surface area contributed by atoms with Gasteiger partial charge in [0.1, 0.15) is 24.0 Å². The molecule has 4 heterocycles. The van der Waals surface area contributed by atoms with E-state index in [1.807, 2.05) is 54.1 Å². The van der Waals surface area contributed by atoms with Crippen LogP contribution in [0.25, 0.3) is 0 Å². The van der Waals surface area contributed by atoms with Crippen LogP contribution in [0.5, 0.6) is 0 Å². The molecule has 0 spiro atoms. The van der Waals surface area contributed by atoms with E-state index in [-0.39, 0.29) is 11.7 Å². The number of nitrogens with zero attached hydrogens (tertiary/aromatic N) is 8. The van der Waals surface area contributed by atoms with Gasteiger partial charge in [-0.05, 0) is 18.9 Å². The summed E-state index contributed by atoms with van der Waals surface area (Å²) in [4.78, 5) is 35.8. The average Bonchev–Trinajstić information content (AvgIpc) is 3.56. The third-order valence-corrected chi connectivity index (χ3v) is 5.90. The quantitative estimate of drug-likeness (QED) is 0.464. The topological polar surface area (TPSA) is 116 Å². The molecule has 1 aromatic carbocycles. The van der Waals surface area contributed by atoms with Crippen LogP contribution >= 0.6 is 0 Å². The highest BCUT2D eigenvalue weighted by molar-refractivity contribution is 6.00. The highest BCUT2D eigenvalue weighted by atomic mass is 16.2. The van der Waals surface area contributed by atoms with Crippen molar-refractivity contribution in [1.29, 1.82) is 0 Å². The number of carbonyl (C=O) groups excluding carboxylic acids is 2. The van der Waals surface area contributed by atoms with E-state index >= 15 is 0 Å². The van der Waals surface area contributed by atoms with Crippen molar-refractivity contribution >= 4 is 17.6 Å². The van der Waals surface area contributed by atoms with Gasteiger partial charge in [-0.15, -0.1) is 5.10 Å². The number of benzene rings is 1. The van der Waals surface area contributed by atoms with E-state index in [1.54, 1.807) is 22.6 Å². The molecular weight excluding hydrogens is 434 g/mol. The van der Waals surface area contributed by atoms with Crippen LogP contribution in [0.1, 0.15) is 34.1 Å². The normalized spacial score (nSPS) is 15.8. The van der Waals surface area contributed by atoms with Gasteiger partial charge in [-0.2, -0.15) is 5.10 Å². The Hall–Kier alpha value is -4.28. The summed E-state index contributed by atoms with van der Waals surface area (Å²) in [6.07, 6.45) is 5.58. The minimum Gasteiger partial charge on any atom is -0.337 e. The first-order valence-corrected chi connectivity index (χ1v) is 11.0. The molecule has 4 aromatic rings. The number of nitrogens with one attached hydrogen (secondary N) is 1. The van der Waals surface area contributed by atoms with Crippen molar-refractivity contribution in [2.45, 2.75) is 39.0 Å². The highest BCUT2D eigenvalue weighted by Crippen LogP contribution is 2.22. The maximum atomic E-state index is 13.1. The van der Waals surface area contributed by atoms with Gasteiger partial charge in [-0.1, -0.05) is 30.3 Å². The first-order valence-electron chi connectivity index (χ1n) is 11.0. The third kappa shape index (κ3) is 4.32. The predicted octanol–water partition coefficient (Wildman–Crippen LogP) is 1.24. The fraction of sp³-hybridized carbons (Fsp3) is 0.304. The van der Waals surface area contributed by atoms with E-state index in [0.29, 0.717) is 31.9 Å². The van der Waals surface area contributed by atoms with Crippen molar-refractivity contribution in [1.82, 2.24) is 39.4 Å². The summed E-state index contributed by atoms with van der Waals surface area (Å²) in [6.45, 7) is 3.51. The molecule has 0 bridgehead atoms. The zero-order chi connectivity index (χ0) is 23.7. The molecule has 174 valence electrons. The zero-order valence-corrected chi connectivity index (χ0v) is 19.0. The molecule has 1 aliphatic rings. The fourth-order valence-corrected chi connectivity index (χ4v) is 4.04. The Bertz CT molecular complexity index is 1320. The van der Waals surface area contributed by atoms with E-state index in [4.69, 9.17) is 0 Å². The predicted molar refractivity (Wildman–Crippen MR) is 123 cm³/mol. The number of aromatic nitrogens is 7. The van der Waals surface area contributed by atoms with Crippen LogP contribution in [-0.4, -0.2) is 59.0 Å². The van der Waals surface area contributed by atoms with Gasteiger partial charge in [-0.25, -0.2) is 19.3 Å². The lowest BCUT2D eigenvalue weighted by molar-refractivity contribution is -0.120. The Labute approximate surface area is 196 Å². The summed E-state index contributed by atoms with van der Waals surface area (Å²) < 4.78 is 5.40. The van der Waals surface area contributed by atoms with E-state index in [2.05, 4.69) is 25.5 Å². The van der Waals surface area contributed by atoms with E-state index in [9.17, 15) is 9.59 Å². The molecule has 0 radical (unpaired) electrons. The first-order chi connectivity index (χ1) is 16.5. The summed E-state index contributed by atoms with van der Waals surface area (Å²) in [5.41, 5.74) is 1.89. The molecule has 3 aromatic heterocycles. The van der Waals surface area contributed by atoms with Crippen molar-refractivity contribution in [3.05, 3.63) is 78.0 Å². The summed E-state index contributed by atoms with van der Waals surface area (Å²) in [5.74, 6) is 0.941. The molecule has 0 saturated carbocycles. The van der Waals surface area contributed by atoms with Crippen molar-refractivity contribution < 1.29 is 9.59 Å². The molecule has 2 amide bonds. The number of fused-ring (bicyclic) bond motifs is 1. The Kier molecular flexibility index (Phi) is 5.66. The summed E-state index contributed by atoms with van der Waals surface area (Å²) in [7, 11) is 1.69. The Morgan fingerprint density at radius 3 is 2.74 bits per heavy atom. The number of amides is 2. The summed E-state index contributed by atoms with van der Waals surface area (Å²) >= 11 is 0. The second kappa shape index (κ2) is 8.93. The van der Waals surface area contributed by atoms with Gasteiger partial charge < -0.3 is 9.88 Å². The number of likely N-dealkylation sites (N-methyl/N-ethyl adjacent to an activating group) is 1. The standard InChI is InChI=1S/C23H25N9O2/c1-16-24-9-11-30(16)14-18-12-20-29(2)23(34)19(8-10-32(20)27-18)26-22(33)21-25-15-31(28-21)13-17-6-4-3-5-7-17/h3-7,9,11-12,15,19H,8,10,13-14H2,1-2H3,(H,26,33). The molecule has 1 atom stereocenters. The van der Waals surface area contributed by atoms with E-state index < -0.39 is 11.9 Å². The van der Waals surface area contributed by atoms with Gasteiger partial charge in [0.15, 0.2) is 0 Å². The van der Waals surface area contributed by atoms with Crippen LogP contribution in [0.3, 0.4) is 0 Å². The molecule has 11 nitrogen and oxygen atoms in total. The van der Waals surface area contributed by atoms with Gasteiger partial charge in [-0.3, -0.25) is 14.5 Å². The molecular formula is C23H25N9O2. The van der Waals surface area contributed by atoms with Gasteiger partial charge in [0, 0.05) is 32.1 Å². The van der Waals surface area contributed by atoms with E-state index in [1.165, 1.54) is 11.2 Å². The second-order valence-electron chi connectivity index (χ2n) is 8.28. The molecule has 11 heteroatoms. The number of hydrogen-bond acceptors (Lipinski definition) is 6. The SMILES string of the molecule is Cc1nccn1Cc1cc2n(n1)CCC(NC(=O)c1ncn(Cc3ccccc3)n1)C(=O)N2C. The van der Waals surface area contributed by atoms with Gasteiger partial charge >= 0.3 is 0 Å². The van der Waals surface area contributed by atoms with Gasteiger partial charge in [0.25, 0.3) is 11.8 Å². The van der Waals surface area contributed by atoms with E-state index in [0.717, 1.165) is 17.1 Å². The number of anilines is 1. The molecule has 0 aliphatic carbocycles. The maximum Gasteiger partial charge on any atom is 0.291 e. The van der Waals surface area contributed by atoms with Gasteiger partial charge in [0.2, 0.25) is 5.82 Å². The fourth-order valence-electron chi connectivity index (χ4n) is 4.04. The van der Waals surface area contributed by atoms with Crippen LogP contribution < -0.4 is 10.2 Å². The van der Waals surface area contributed by atoms with Crippen LogP contribution in [0.15, 0.2) is 55.1 Å². The highest BCUT2D eigenvalue weighted by Gasteiger charge is 2.31. The lowest BCUT2D eigenvalue weighted by Crippen LogP contribution is -2.47. The minimum absolute atomic E-state index is 0.0337. The largest absolute Gasteiger partial charge is 0.337 e. The van der Waals surface area contributed by atoms with Crippen molar-refractivity contribution in [3.8, 4) is 0 Å². The lowest BCUT2D eigenvalue weighted by atomic mass is 10.2. The Morgan fingerprint density at radius 2 is 1.97 bits per heavy atom. The van der Waals surface area contributed by atoms with Crippen molar-refractivity contribution in [2.75, 3.05) is 11.9 Å². The number of aryl methyl sites for hydroxylation is 2. The average molecular weight is 460 g/mol. The first kappa shape index (κ1) is 21.6. The van der Waals surface area contributed by atoms with Crippen LogP contribution in [-0.2, 0) is 24.4 Å². The van der Waals surface area contributed by atoms with Gasteiger partial charge in [0.05, 0.1) is 18.8 Å². The number of hydrogen-bond donors (Lipinski definition) is 1. The van der Waals surface area contributed by atoms with Crippen molar-refractivity contribution in [3.63, 3.8) is 0 Å². The molecule has 0 saturated heterocycles. The second-order valence-corrected chi connectivity index (χ2v) is 8.28. The molecule has 1 unspecified atom stereocenters. The van der Waals surface area contributed by atoms with Crippen LogP contribution in [0, 0.1) is 6.92 Å².